The molecular formula is C14H19N3O2. The fourth-order valence-electron chi connectivity index (χ4n) is 2.68. The molecular weight excluding hydrogens is 242 g/mol. The van der Waals surface area contributed by atoms with Crippen LogP contribution in [0, 0.1) is 0 Å². The van der Waals surface area contributed by atoms with Gasteiger partial charge in [0.25, 0.3) is 5.91 Å². The number of benzene rings is 1. The first kappa shape index (κ1) is 12.4. The molecule has 2 heterocycles. The average Bonchev–Trinajstić information content (AvgIpc) is 2.40. The average molecular weight is 261 g/mol. The molecule has 19 heavy (non-hydrogen) atoms. The standard InChI is InChI=1S/C14H19N3O2/c1-16-5-6-17(2)12(8-16)10-3-4-13-11(7-10)15-14(18)9-19-13/h3-4,7,12H,5-6,8-9H2,1-2H3,(H,15,18). The van der Waals surface area contributed by atoms with Crippen LogP contribution in [0.4, 0.5) is 5.69 Å². The second-order valence-corrected chi connectivity index (χ2v) is 5.35. The number of ether oxygens (including phenoxy) is 1. The van der Waals surface area contributed by atoms with E-state index in [9.17, 15) is 4.79 Å². The van der Waals surface area contributed by atoms with Crippen LogP contribution < -0.4 is 10.1 Å². The summed E-state index contributed by atoms with van der Waals surface area (Å²) in [5.74, 6) is 0.675. The van der Waals surface area contributed by atoms with E-state index >= 15 is 0 Å². The third-order valence-corrected chi connectivity index (χ3v) is 3.87. The Balaban J connectivity index is 1.88. The minimum atomic E-state index is -0.0845. The Morgan fingerprint density at radius 2 is 2.16 bits per heavy atom. The van der Waals surface area contributed by atoms with Crippen LogP contribution in [0.15, 0.2) is 18.2 Å². The molecule has 1 unspecified atom stereocenters. The van der Waals surface area contributed by atoms with E-state index in [0.717, 1.165) is 31.1 Å². The number of rotatable bonds is 1. The van der Waals surface area contributed by atoms with E-state index in [-0.39, 0.29) is 12.5 Å². The summed E-state index contributed by atoms with van der Waals surface area (Å²) in [4.78, 5) is 16.1. The van der Waals surface area contributed by atoms with E-state index < -0.39 is 0 Å². The van der Waals surface area contributed by atoms with Gasteiger partial charge in [0.05, 0.1) is 5.69 Å². The molecule has 1 atom stereocenters. The third kappa shape index (κ3) is 2.43. The molecule has 1 aromatic rings. The zero-order chi connectivity index (χ0) is 13.4. The van der Waals surface area contributed by atoms with Gasteiger partial charge in [0.15, 0.2) is 6.61 Å². The van der Waals surface area contributed by atoms with Crippen LogP contribution in [0.5, 0.6) is 5.75 Å². The lowest BCUT2D eigenvalue weighted by molar-refractivity contribution is -0.118. The van der Waals surface area contributed by atoms with Gasteiger partial charge >= 0.3 is 0 Å². The quantitative estimate of drug-likeness (QED) is 0.817. The maximum absolute atomic E-state index is 11.4. The van der Waals surface area contributed by atoms with E-state index in [2.05, 4.69) is 35.3 Å². The molecule has 1 aromatic carbocycles. The normalized spacial score (nSPS) is 24.5. The SMILES string of the molecule is CN1CCN(C)C(c2ccc3c(c2)NC(=O)CO3)C1. The number of nitrogens with zero attached hydrogens (tertiary/aromatic N) is 2. The Morgan fingerprint density at radius 1 is 1.32 bits per heavy atom. The Hall–Kier alpha value is -1.59. The van der Waals surface area contributed by atoms with Gasteiger partial charge in [-0.1, -0.05) is 6.07 Å². The van der Waals surface area contributed by atoms with Crippen molar-refractivity contribution in [1.82, 2.24) is 9.80 Å². The summed E-state index contributed by atoms with van der Waals surface area (Å²) in [6, 6.07) is 6.44. The highest BCUT2D eigenvalue weighted by molar-refractivity contribution is 5.95. The molecule has 2 aliphatic rings. The number of fused-ring (bicyclic) bond motifs is 1. The van der Waals surface area contributed by atoms with Crippen molar-refractivity contribution in [1.29, 1.82) is 0 Å². The number of nitrogens with one attached hydrogen (secondary N) is 1. The molecule has 5 heteroatoms. The van der Waals surface area contributed by atoms with Gasteiger partial charge in [0.1, 0.15) is 5.75 Å². The fourth-order valence-corrected chi connectivity index (χ4v) is 2.68. The summed E-state index contributed by atoms with van der Waals surface area (Å²) in [6.07, 6.45) is 0. The number of amides is 1. The van der Waals surface area contributed by atoms with E-state index in [0.29, 0.717) is 6.04 Å². The Kier molecular flexibility index (Phi) is 3.16. The van der Waals surface area contributed by atoms with Gasteiger partial charge in [0, 0.05) is 25.7 Å². The second kappa shape index (κ2) is 4.83. The number of likely N-dealkylation sites (N-methyl/N-ethyl adjacent to an activating group) is 2. The summed E-state index contributed by atoms with van der Waals surface area (Å²) in [5, 5.41) is 2.87. The number of hydrogen-bond acceptors (Lipinski definition) is 4. The number of carbonyl (C=O) groups excluding carboxylic acids is 1. The van der Waals surface area contributed by atoms with Crippen molar-refractivity contribution in [2.45, 2.75) is 6.04 Å². The minimum Gasteiger partial charge on any atom is -0.482 e. The van der Waals surface area contributed by atoms with Gasteiger partial charge in [-0.25, -0.2) is 0 Å². The molecule has 3 rings (SSSR count). The van der Waals surface area contributed by atoms with E-state index in [1.165, 1.54) is 5.56 Å². The van der Waals surface area contributed by atoms with Crippen LogP contribution in [-0.4, -0.2) is 56.0 Å². The minimum absolute atomic E-state index is 0.0845. The molecule has 5 nitrogen and oxygen atoms in total. The lowest BCUT2D eigenvalue weighted by Crippen LogP contribution is -2.44. The molecule has 0 aliphatic carbocycles. The van der Waals surface area contributed by atoms with Gasteiger partial charge in [-0.05, 0) is 31.8 Å². The van der Waals surface area contributed by atoms with Crippen molar-refractivity contribution in [3.63, 3.8) is 0 Å². The first-order valence-electron chi connectivity index (χ1n) is 6.59. The molecule has 1 N–H and O–H groups in total. The summed E-state index contributed by atoms with van der Waals surface area (Å²) in [6.45, 7) is 3.27. The van der Waals surface area contributed by atoms with Gasteiger partial charge in [-0.15, -0.1) is 0 Å². The molecule has 0 spiro atoms. The number of piperazine rings is 1. The zero-order valence-corrected chi connectivity index (χ0v) is 11.3. The Bertz CT molecular complexity index is 503. The molecule has 0 radical (unpaired) electrons. The molecule has 1 saturated heterocycles. The fraction of sp³-hybridized carbons (Fsp3) is 0.500. The van der Waals surface area contributed by atoms with Crippen LogP contribution in [0.1, 0.15) is 11.6 Å². The van der Waals surface area contributed by atoms with Gasteiger partial charge in [0.2, 0.25) is 0 Å². The highest BCUT2D eigenvalue weighted by Crippen LogP contribution is 2.32. The molecule has 102 valence electrons. The highest BCUT2D eigenvalue weighted by Gasteiger charge is 2.25. The first-order chi connectivity index (χ1) is 9.13. The van der Waals surface area contributed by atoms with Crippen LogP contribution >= 0.6 is 0 Å². The van der Waals surface area contributed by atoms with Gasteiger partial charge in [-0.2, -0.15) is 0 Å². The van der Waals surface area contributed by atoms with Crippen LogP contribution in [0.25, 0.3) is 0 Å². The molecule has 0 aromatic heterocycles. The molecule has 1 fully saturated rings. The number of carbonyl (C=O) groups is 1. The van der Waals surface area contributed by atoms with Crippen molar-refractivity contribution in [3.8, 4) is 5.75 Å². The maximum atomic E-state index is 11.4. The van der Waals surface area contributed by atoms with E-state index in [1.54, 1.807) is 0 Å². The lowest BCUT2D eigenvalue weighted by Gasteiger charge is -2.38. The summed E-state index contributed by atoms with van der Waals surface area (Å²) in [5.41, 5.74) is 2.01. The first-order valence-corrected chi connectivity index (χ1v) is 6.59. The summed E-state index contributed by atoms with van der Waals surface area (Å²) in [7, 11) is 4.29. The number of hydrogen-bond donors (Lipinski definition) is 1. The molecule has 1 amide bonds. The van der Waals surface area contributed by atoms with Crippen molar-refractivity contribution >= 4 is 11.6 Å². The number of anilines is 1. The predicted molar refractivity (Wildman–Crippen MR) is 73.4 cm³/mol. The third-order valence-electron chi connectivity index (χ3n) is 3.87. The van der Waals surface area contributed by atoms with Crippen molar-refractivity contribution in [2.75, 3.05) is 45.7 Å². The predicted octanol–water partition coefficient (Wildman–Crippen LogP) is 0.936. The van der Waals surface area contributed by atoms with Crippen LogP contribution in [0.2, 0.25) is 0 Å². The van der Waals surface area contributed by atoms with Gasteiger partial charge in [-0.3, -0.25) is 9.69 Å². The van der Waals surface area contributed by atoms with E-state index in [4.69, 9.17) is 4.74 Å². The lowest BCUT2D eigenvalue weighted by atomic mass is 10.0. The maximum Gasteiger partial charge on any atom is 0.262 e. The van der Waals surface area contributed by atoms with Gasteiger partial charge < -0.3 is 15.0 Å². The Morgan fingerprint density at radius 3 is 3.00 bits per heavy atom. The second-order valence-electron chi connectivity index (χ2n) is 5.35. The topological polar surface area (TPSA) is 44.8 Å². The van der Waals surface area contributed by atoms with Crippen LogP contribution in [0.3, 0.4) is 0 Å². The molecule has 0 bridgehead atoms. The monoisotopic (exact) mass is 261 g/mol. The largest absolute Gasteiger partial charge is 0.482 e. The Labute approximate surface area is 113 Å². The zero-order valence-electron chi connectivity index (χ0n) is 11.3. The van der Waals surface area contributed by atoms with E-state index in [1.807, 2.05) is 12.1 Å². The van der Waals surface area contributed by atoms with Crippen molar-refractivity contribution < 1.29 is 9.53 Å². The smallest absolute Gasteiger partial charge is 0.262 e. The van der Waals surface area contributed by atoms with Crippen LogP contribution in [-0.2, 0) is 4.79 Å². The molecule has 2 aliphatic heterocycles. The van der Waals surface area contributed by atoms with Crippen molar-refractivity contribution in [2.24, 2.45) is 0 Å². The summed E-state index contributed by atoms with van der Waals surface area (Å²) < 4.78 is 5.39. The van der Waals surface area contributed by atoms with Crippen molar-refractivity contribution in [3.05, 3.63) is 23.8 Å². The highest BCUT2D eigenvalue weighted by atomic mass is 16.5. The summed E-state index contributed by atoms with van der Waals surface area (Å²) >= 11 is 0. The molecule has 0 saturated carbocycles.